The first-order valence-corrected chi connectivity index (χ1v) is 8.69. The van der Waals surface area contributed by atoms with Gasteiger partial charge in [0.2, 0.25) is 5.82 Å². The second-order valence-corrected chi connectivity index (χ2v) is 6.83. The highest BCUT2D eigenvalue weighted by molar-refractivity contribution is 14.0. The lowest BCUT2D eigenvalue weighted by molar-refractivity contribution is 0.151. The molecule has 136 valence electrons. The van der Waals surface area contributed by atoms with E-state index in [1.807, 2.05) is 19.2 Å². The Morgan fingerprint density at radius 3 is 2.96 bits per heavy atom. The molecule has 2 aliphatic rings. The Hall–Kier alpha value is -1.58. The molecule has 0 amide bonds. The van der Waals surface area contributed by atoms with Gasteiger partial charge in [-0.1, -0.05) is 6.42 Å². The van der Waals surface area contributed by atoms with Crippen LogP contribution < -0.4 is 5.32 Å². The molecular formula is C17H25IN6O. The SMILES string of the molecule is CN=C(NCCc1nc(-c2ccco2)n[nH]1)N1CCC2(CCC2)C1.I. The molecule has 1 spiro atoms. The Balaban J connectivity index is 0.00000182. The van der Waals surface area contributed by atoms with Crippen LogP contribution in [0.4, 0.5) is 0 Å². The van der Waals surface area contributed by atoms with Crippen LogP contribution in [0.3, 0.4) is 0 Å². The third kappa shape index (κ3) is 3.83. The van der Waals surface area contributed by atoms with Crippen molar-refractivity contribution in [1.29, 1.82) is 0 Å². The standard InChI is InChI=1S/C17H24N6O.HI/c1-18-16(23-10-8-17(12-23)6-3-7-17)19-9-5-14-20-15(22-21-14)13-4-2-11-24-13;/h2,4,11H,3,5-10,12H2,1H3,(H,18,19)(H,20,21,22);1H. The van der Waals surface area contributed by atoms with Crippen LogP contribution >= 0.6 is 24.0 Å². The molecule has 1 saturated carbocycles. The summed E-state index contributed by atoms with van der Waals surface area (Å²) in [5.74, 6) is 3.14. The number of hydrogen-bond acceptors (Lipinski definition) is 4. The average Bonchev–Trinajstić information content (AvgIpc) is 3.30. The molecule has 1 saturated heterocycles. The van der Waals surface area contributed by atoms with Gasteiger partial charge in [0.05, 0.1) is 6.26 Å². The number of nitrogens with one attached hydrogen (secondary N) is 2. The van der Waals surface area contributed by atoms with Crippen LogP contribution in [0.1, 0.15) is 31.5 Å². The number of likely N-dealkylation sites (tertiary alicyclic amines) is 1. The fourth-order valence-electron chi connectivity index (χ4n) is 3.75. The molecule has 0 bridgehead atoms. The number of rotatable bonds is 4. The van der Waals surface area contributed by atoms with Crippen molar-refractivity contribution in [2.24, 2.45) is 10.4 Å². The molecule has 2 aromatic rings. The van der Waals surface area contributed by atoms with Crippen LogP contribution in [-0.2, 0) is 6.42 Å². The number of nitrogens with zero attached hydrogens (tertiary/aromatic N) is 4. The molecule has 0 unspecified atom stereocenters. The third-order valence-corrected chi connectivity index (χ3v) is 5.28. The molecular weight excluding hydrogens is 431 g/mol. The second kappa shape index (κ2) is 7.76. The van der Waals surface area contributed by atoms with Crippen molar-refractivity contribution >= 4 is 29.9 Å². The van der Waals surface area contributed by atoms with Gasteiger partial charge in [0.1, 0.15) is 5.82 Å². The van der Waals surface area contributed by atoms with Crippen molar-refractivity contribution < 1.29 is 4.42 Å². The normalized spacial score (nSPS) is 18.9. The van der Waals surface area contributed by atoms with E-state index in [0.717, 1.165) is 37.8 Å². The summed E-state index contributed by atoms with van der Waals surface area (Å²) in [4.78, 5) is 11.3. The van der Waals surface area contributed by atoms with Crippen LogP contribution in [0.25, 0.3) is 11.6 Å². The van der Waals surface area contributed by atoms with Gasteiger partial charge in [-0.15, -0.1) is 24.0 Å². The molecule has 2 N–H and O–H groups in total. The lowest BCUT2D eigenvalue weighted by atomic mass is 9.68. The Morgan fingerprint density at radius 2 is 2.32 bits per heavy atom. The summed E-state index contributed by atoms with van der Waals surface area (Å²) in [5.41, 5.74) is 0.584. The monoisotopic (exact) mass is 456 g/mol. The van der Waals surface area contributed by atoms with Crippen molar-refractivity contribution in [3.63, 3.8) is 0 Å². The van der Waals surface area contributed by atoms with E-state index >= 15 is 0 Å². The number of aromatic amines is 1. The number of halogens is 1. The van der Waals surface area contributed by atoms with Gasteiger partial charge < -0.3 is 14.6 Å². The topological polar surface area (TPSA) is 82.3 Å². The lowest BCUT2D eigenvalue weighted by Crippen LogP contribution is -2.43. The van der Waals surface area contributed by atoms with Crippen molar-refractivity contribution in [2.75, 3.05) is 26.7 Å². The molecule has 0 radical (unpaired) electrons. The third-order valence-electron chi connectivity index (χ3n) is 5.28. The van der Waals surface area contributed by atoms with Crippen LogP contribution in [0.15, 0.2) is 27.8 Å². The number of furan rings is 1. The van der Waals surface area contributed by atoms with Gasteiger partial charge >= 0.3 is 0 Å². The molecule has 2 aromatic heterocycles. The number of aromatic nitrogens is 3. The summed E-state index contributed by atoms with van der Waals surface area (Å²) < 4.78 is 5.31. The first kappa shape index (κ1) is 18.2. The number of aliphatic imine (C=N–C) groups is 1. The van der Waals surface area contributed by atoms with Crippen LogP contribution in [0.5, 0.6) is 0 Å². The summed E-state index contributed by atoms with van der Waals surface area (Å²) in [6, 6.07) is 3.69. The van der Waals surface area contributed by atoms with Gasteiger partial charge in [0.25, 0.3) is 0 Å². The van der Waals surface area contributed by atoms with Gasteiger partial charge in [-0.25, -0.2) is 4.98 Å². The molecule has 4 rings (SSSR count). The molecule has 1 aliphatic heterocycles. The summed E-state index contributed by atoms with van der Waals surface area (Å²) >= 11 is 0. The maximum Gasteiger partial charge on any atom is 0.216 e. The first-order chi connectivity index (χ1) is 11.8. The van der Waals surface area contributed by atoms with E-state index in [4.69, 9.17) is 4.42 Å². The summed E-state index contributed by atoms with van der Waals surface area (Å²) in [5, 5.41) is 10.6. The maximum absolute atomic E-state index is 5.31. The maximum atomic E-state index is 5.31. The number of guanidine groups is 1. The van der Waals surface area contributed by atoms with Gasteiger partial charge in [0.15, 0.2) is 11.7 Å². The van der Waals surface area contributed by atoms with Gasteiger partial charge in [-0.3, -0.25) is 10.1 Å². The minimum absolute atomic E-state index is 0. The molecule has 1 aliphatic carbocycles. The van der Waals surface area contributed by atoms with E-state index in [-0.39, 0.29) is 24.0 Å². The zero-order chi connectivity index (χ0) is 16.4. The van der Waals surface area contributed by atoms with Gasteiger partial charge in [-0.05, 0) is 36.8 Å². The highest BCUT2D eigenvalue weighted by Crippen LogP contribution is 2.47. The second-order valence-electron chi connectivity index (χ2n) is 6.83. The fourth-order valence-corrected chi connectivity index (χ4v) is 3.75. The zero-order valence-electron chi connectivity index (χ0n) is 14.5. The Bertz CT molecular complexity index is 707. The molecule has 3 heterocycles. The molecule has 2 fully saturated rings. The largest absolute Gasteiger partial charge is 0.461 e. The molecule has 7 nitrogen and oxygen atoms in total. The van der Waals surface area contributed by atoms with Gasteiger partial charge in [0, 0.05) is 33.1 Å². The zero-order valence-corrected chi connectivity index (χ0v) is 16.8. The van der Waals surface area contributed by atoms with Crippen molar-refractivity contribution in [2.45, 2.75) is 32.1 Å². The summed E-state index contributed by atoms with van der Waals surface area (Å²) in [6.07, 6.45) is 7.86. The first-order valence-electron chi connectivity index (χ1n) is 8.69. The van der Waals surface area contributed by atoms with E-state index in [1.54, 1.807) is 6.26 Å². The lowest BCUT2D eigenvalue weighted by Gasteiger charge is -2.38. The quantitative estimate of drug-likeness (QED) is 0.420. The number of H-pyrrole nitrogens is 1. The van der Waals surface area contributed by atoms with Gasteiger partial charge in [-0.2, -0.15) is 5.10 Å². The molecule has 25 heavy (non-hydrogen) atoms. The predicted molar refractivity (Wildman–Crippen MR) is 107 cm³/mol. The van der Waals surface area contributed by atoms with Crippen LogP contribution in [0.2, 0.25) is 0 Å². The molecule has 0 atom stereocenters. The van der Waals surface area contributed by atoms with E-state index in [9.17, 15) is 0 Å². The summed E-state index contributed by atoms with van der Waals surface area (Å²) in [6.45, 7) is 3.05. The summed E-state index contributed by atoms with van der Waals surface area (Å²) in [7, 11) is 1.86. The minimum atomic E-state index is 0. The highest BCUT2D eigenvalue weighted by atomic mass is 127. The average molecular weight is 456 g/mol. The van der Waals surface area contributed by atoms with Crippen LogP contribution in [-0.4, -0.2) is 52.7 Å². The molecule has 8 heteroatoms. The Morgan fingerprint density at radius 1 is 1.44 bits per heavy atom. The van der Waals surface area contributed by atoms with E-state index in [1.165, 1.54) is 25.7 Å². The predicted octanol–water partition coefficient (Wildman–Crippen LogP) is 2.68. The fraction of sp³-hybridized carbons (Fsp3) is 0.588. The van der Waals surface area contributed by atoms with Crippen molar-refractivity contribution in [1.82, 2.24) is 25.4 Å². The van der Waals surface area contributed by atoms with E-state index in [0.29, 0.717) is 17.0 Å². The Kier molecular flexibility index (Phi) is 5.65. The van der Waals surface area contributed by atoms with Crippen molar-refractivity contribution in [3.8, 4) is 11.6 Å². The van der Waals surface area contributed by atoms with E-state index in [2.05, 4.69) is 30.4 Å². The smallest absolute Gasteiger partial charge is 0.216 e. The Labute approximate surface area is 164 Å². The van der Waals surface area contributed by atoms with Crippen molar-refractivity contribution in [3.05, 3.63) is 24.2 Å². The molecule has 0 aromatic carbocycles. The highest BCUT2D eigenvalue weighted by Gasteiger charge is 2.43. The number of hydrogen-bond donors (Lipinski definition) is 2. The minimum Gasteiger partial charge on any atom is -0.461 e. The van der Waals surface area contributed by atoms with E-state index < -0.39 is 0 Å². The van der Waals surface area contributed by atoms with Crippen LogP contribution in [0, 0.1) is 5.41 Å².